The van der Waals surface area contributed by atoms with E-state index in [1.54, 1.807) is 22.2 Å². The minimum atomic E-state index is -2.93. The van der Waals surface area contributed by atoms with Crippen molar-refractivity contribution in [3.63, 3.8) is 0 Å². The lowest BCUT2D eigenvalue weighted by Gasteiger charge is -1.99. The predicted molar refractivity (Wildman–Crippen MR) is 65.3 cm³/mol. The molecule has 4 nitrogen and oxygen atoms in total. The van der Waals surface area contributed by atoms with Crippen LogP contribution in [-0.4, -0.2) is 30.2 Å². The molecule has 2 rings (SSSR count). The standard InChI is InChI=1S/C10H12N2O2S2/c1-16(13,14)7-5-12-4-2-10(11-12)9-3-6-15-8-9/h2-4,6,8H,5,7H2,1H3. The largest absolute Gasteiger partial charge is 0.271 e. The second-order valence-corrected chi connectivity index (χ2v) is 6.65. The molecular weight excluding hydrogens is 244 g/mol. The number of aryl methyl sites for hydroxylation is 1. The third-order valence-electron chi connectivity index (χ3n) is 2.15. The molecule has 0 aromatic carbocycles. The Morgan fingerprint density at radius 2 is 2.25 bits per heavy atom. The summed E-state index contributed by atoms with van der Waals surface area (Å²) in [5.74, 6) is 0.123. The molecule has 0 radical (unpaired) electrons. The van der Waals surface area contributed by atoms with E-state index < -0.39 is 9.84 Å². The van der Waals surface area contributed by atoms with E-state index in [0.717, 1.165) is 11.3 Å². The van der Waals surface area contributed by atoms with Crippen LogP contribution in [-0.2, 0) is 16.4 Å². The van der Waals surface area contributed by atoms with Crippen LogP contribution in [0.2, 0.25) is 0 Å². The number of aromatic nitrogens is 2. The average Bonchev–Trinajstić information content (AvgIpc) is 2.84. The highest BCUT2D eigenvalue weighted by atomic mass is 32.2. The quantitative estimate of drug-likeness (QED) is 0.836. The molecule has 86 valence electrons. The van der Waals surface area contributed by atoms with Crippen molar-refractivity contribution in [3.05, 3.63) is 29.1 Å². The van der Waals surface area contributed by atoms with E-state index in [0.29, 0.717) is 6.54 Å². The predicted octanol–water partition coefficient (Wildman–Crippen LogP) is 1.66. The summed E-state index contributed by atoms with van der Waals surface area (Å²) in [5.41, 5.74) is 1.96. The second-order valence-electron chi connectivity index (χ2n) is 3.61. The molecule has 2 aromatic heterocycles. The Bertz CT molecular complexity index is 555. The molecule has 6 heteroatoms. The SMILES string of the molecule is CS(=O)(=O)CCn1ccc(-c2ccsc2)n1. The van der Waals surface area contributed by atoms with Crippen molar-refractivity contribution < 1.29 is 8.42 Å². The summed E-state index contributed by atoms with van der Waals surface area (Å²) in [6.07, 6.45) is 3.04. The van der Waals surface area contributed by atoms with Gasteiger partial charge in [0.1, 0.15) is 9.84 Å². The van der Waals surface area contributed by atoms with E-state index in [2.05, 4.69) is 5.10 Å². The zero-order valence-electron chi connectivity index (χ0n) is 8.83. The highest BCUT2D eigenvalue weighted by Gasteiger charge is 2.05. The molecule has 2 aromatic rings. The fourth-order valence-electron chi connectivity index (χ4n) is 1.31. The molecule has 2 heterocycles. The molecule has 0 unspecified atom stereocenters. The molecule has 0 bridgehead atoms. The van der Waals surface area contributed by atoms with Gasteiger partial charge in [0, 0.05) is 23.4 Å². The summed E-state index contributed by atoms with van der Waals surface area (Å²) in [4.78, 5) is 0. The van der Waals surface area contributed by atoms with Crippen LogP contribution in [0.1, 0.15) is 0 Å². The number of rotatable bonds is 4. The first-order chi connectivity index (χ1) is 7.54. The van der Waals surface area contributed by atoms with Crippen LogP contribution in [0.3, 0.4) is 0 Å². The van der Waals surface area contributed by atoms with Crippen molar-refractivity contribution in [3.8, 4) is 11.3 Å². The van der Waals surface area contributed by atoms with Gasteiger partial charge in [-0.15, -0.1) is 0 Å². The molecule has 0 aliphatic carbocycles. The van der Waals surface area contributed by atoms with Crippen LogP contribution in [0.4, 0.5) is 0 Å². The van der Waals surface area contributed by atoms with E-state index in [9.17, 15) is 8.42 Å². The Kier molecular flexibility index (Phi) is 3.11. The first-order valence-corrected chi connectivity index (χ1v) is 7.79. The van der Waals surface area contributed by atoms with Gasteiger partial charge in [0.25, 0.3) is 0 Å². The maximum absolute atomic E-state index is 11.0. The van der Waals surface area contributed by atoms with Gasteiger partial charge in [-0.25, -0.2) is 8.42 Å². The minimum absolute atomic E-state index is 0.123. The fraction of sp³-hybridized carbons (Fsp3) is 0.300. The second kappa shape index (κ2) is 4.39. The normalized spacial score (nSPS) is 11.8. The number of hydrogen-bond acceptors (Lipinski definition) is 4. The Balaban J connectivity index is 2.09. The first kappa shape index (κ1) is 11.3. The molecule has 0 saturated heterocycles. The highest BCUT2D eigenvalue weighted by Crippen LogP contribution is 2.19. The summed E-state index contributed by atoms with van der Waals surface area (Å²) in [6.45, 7) is 0.406. The van der Waals surface area contributed by atoms with Gasteiger partial charge in [0.2, 0.25) is 0 Å². The number of thiophene rings is 1. The van der Waals surface area contributed by atoms with Gasteiger partial charge in [-0.1, -0.05) is 0 Å². The van der Waals surface area contributed by atoms with Crippen molar-refractivity contribution in [2.24, 2.45) is 0 Å². The maximum Gasteiger partial charge on any atom is 0.149 e. The van der Waals surface area contributed by atoms with E-state index in [4.69, 9.17) is 0 Å². The zero-order valence-corrected chi connectivity index (χ0v) is 10.5. The monoisotopic (exact) mass is 256 g/mol. The number of sulfone groups is 1. The average molecular weight is 256 g/mol. The van der Waals surface area contributed by atoms with Crippen molar-refractivity contribution in [2.45, 2.75) is 6.54 Å². The van der Waals surface area contributed by atoms with Gasteiger partial charge in [-0.3, -0.25) is 4.68 Å². The van der Waals surface area contributed by atoms with Crippen LogP contribution < -0.4 is 0 Å². The third-order valence-corrected chi connectivity index (χ3v) is 3.76. The summed E-state index contributed by atoms with van der Waals surface area (Å²) in [6, 6.07) is 3.89. The van der Waals surface area contributed by atoms with Crippen molar-refractivity contribution >= 4 is 21.2 Å². The summed E-state index contributed by atoms with van der Waals surface area (Å²) in [7, 11) is -2.93. The Morgan fingerprint density at radius 3 is 2.88 bits per heavy atom. The van der Waals surface area contributed by atoms with Gasteiger partial charge < -0.3 is 0 Å². The van der Waals surface area contributed by atoms with E-state index in [1.807, 2.05) is 22.9 Å². The lowest BCUT2D eigenvalue weighted by Crippen LogP contribution is -2.11. The molecule has 0 saturated carbocycles. The van der Waals surface area contributed by atoms with Crippen LogP contribution in [0.5, 0.6) is 0 Å². The minimum Gasteiger partial charge on any atom is -0.271 e. The molecular formula is C10H12N2O2S2. The summed E-state index contributed by atoms with van der Waals surface area (Å²) in [5, 5.41) is 8.32. The summed E-state index contributed by atoms with van der Waals surface area (Å²) < 4.78 is 23.7. The number of hydrogen-bond donors (Lipinski definition) is 0. The third kappa shape index (κ3) is 2.93. The highest BCUT2D eigenvalue weighted by molar-refractivity contribution is 7.90. The molecule has 0 amide bonds. The lowest BCUT2D eigenvalue weighted by atomic mass is 10.2. The van der Waals surface area contributed by atoms with Gasteiger partial charge in [-0.2, -0.15) is 16.4 Å². The van der Waals surface area contributed by atoms with Crippen molar-refractivity contribution in [1.29, 1.82) is 0 Å². The molecule has 16 heavy (non-hydrogen) atoms. The van der Waals surface area contributed by atoms with Gasteiger partial charge in [-0.05, 0) is 17.5 Å². The van der Waals surface area contributed by atoms with Gasteiger partial charge in [0.15, 0.2) is 0 Å². The molecule has 0 fully saturated rings. The molecule has 0 aliphatic rings. The number of nitrogens with zero attached hydrogens (tertiary/aromatic N) is 2. The van der Waals surface area contributed by atoms with E-state index in [1.165, 1.54) is 6.26 Å². The maximum atomic E-state index is 11.0. The van der Waals surface area contributed by atoms with Crippen molar-refractivity contribution in [2.75, 3.05) is 12.0 Å². The lowest BCUT2D eigenvalue weighted by molar-refractivity contribution is 0.586. The van der Waals surface area contributed by atoms with Crippen molar-refractivity contribution in [1.82, 2.24) is 9.78 Å². The van der Waals surface area contributed by atoms with Gasteiger partial charge >= 0.3 is 0 Å². The van der Waals surface area contributed by atoms with Crippen LogP contribution >= 0.6 is 11.3 Å². The Hall–Kier alpha value is -1.14. The smallest absolute Gasteiger partial charge is 0.149 e. The molecule has 0 aliphatic heterocycles. The molecule has 0 N–H and O–H groups in total. The Labute approximate surface area is 98.5 Å². The zero-order chi connectivity index (χ0) is 11.6. The Morgan fingerprint density at radius 1 is 1.44 bits per heavy atom. The van der Waals surface area contributed by atoms with Crippen LogP contribution in [0.25, 0.3) is 11.3 Å². The molecule has 0 spiro atoms. The molecule has 0 atom stereocenters. The van der Waals surface area contributed by atoms with Crippen LogP contribution in [0.15, 0.2) is 29.1 Å². The fourth-order valence-corrected chi connectivity index (χ4v) is 2.48. The van der Waals surface area contributed by atoms with E-state index >= 15 is 0 Å². The first-order valence-electron chi connectivity index (χ1n) is 4.78. The summed E-state index contributed by atoms with van der Waals surface area (Å²) >= 11 is 1.62. The van der Waals surface area contributed by atoms with Crippen LogP contribution in [0, 0.1) is 0 Å². The van der Waals surface area contributed by atoms with Gasteiger partial charge in [0.05, 0.1) is 18.0 Å². The topological polar surface area (TPSA) is 52.0 Å². The van der Waals surface area contributed by atoms with E-state index in [-0.39, 0.29) is 5.75 Å².